The molecule has 2 aromatic heterocycles. The molecule has 0 saturated heterocycles. The van der Waals surface area contributed by atoms with E-state index in [1.807, 2.05) is 37.2 Å². The molecule has 1 N–H and O–H groups in total. The molecule has 2 aromatic rings. The summed E-state index contributed by atoms with van der Waals surface area (Å²) in [5.41, 5.74) is 1.47. The van der Waals surface area contributed by atoms with Crippen molar-refractivity contribution in [2.45, 2.75) is 19.9 Å². The lowest BCUT2D eigenvalue weighted by molar-refractivity contribution is 0.627. The maximum absolute atomic E-state index is 12.0. The van der Waals surface area contributed by atoms with Crippen LogP contribution >= 0.6 is 0 Å². The molecule has 2 heterocycles. The quantitative estimate of drug-likeness (QED) is 0.874. The minimum Gasteiger partial charge on any atom is -0.376 e. The zero-order valence-corrected chi connectivity index (χ0v) is 12.7. The third-order valence-electron chi connectivity index (χ3n) is 3.05. The molecule has 0 aliphatic carbocycles. The van der Waals surface area contributed by atoms with E-state index in [0.29, 0.717) is 6.54 Å². The fourth-order valence-electron chi connectivity index (χ4n) is 1.86. The number of rotatable bonds is 6. The second kappa shape index (κ2) is 6.88. The van der Waals surface area contributed by atoms with E-state index >= 15 is 0 Å². The molecular formula is C15H21N5O. The molecule has 0 fully saturated rings. The van der Waals surface area contributed by atoms with E-state index in [-0.39, 0.29) is 5.56 Å². The highest BCUT2D eigenvalue weighted by molar-refractivity contribution is 5.40. The van der Waals surface area contributed by atoms with Gasteiger partial charge >= 0.3 is 0 Å². The van der Waals surface area contributed by atoms with Crippen LogP contribution in [0, 0.1) is 0 Å². The molecule has 6 heteroatoms. The van der Waals surface area contributed by atoms with Crippen molar-refractivity contribution in [3.8, 4) is 0 Å². The summed E-state index contributed by atoms with van der Waals surface area (Å²) in [7, 11) is 3.76. The van der Waals surface area contributed by atoms with Crippen molar-refractivity contribution in [3.63, 3.8) is 0 Å². The van der Waals surface area contributed by atoms with Gasteiger partial charge in [0.05, 0.1) is 24.1 Å². The van der Waals surface area contributed by atoms with Crippen molar-refractivity contribution in [1.82, 2.24) is 14.8 Å². The van der Waals surface area contributed by atoms with Crippen molar-refractivity contribution < 1.29 is 0 Å². The van der Waals surface area contributed by atoms with Gasteiger partial charge in [0.15, 0.2) is 0 Å². The molecule has 0 atom stereocenters. The van der Waals surface area contributed by atoms with Gasteiger partial charge in [0, 0.05) is 26.7 Å². The summed E-state index contributed by atoms with van der Waals surface area (Å²) in [4.78, 5) is 18.4. The number of hydrogen-bond donors (Lipinski definition) is 1. The lowest BCUT2D eigenvalue weighted by atomic mass is 10.3. The fourth-order valence-corrected chi connectivity index (χ4v) is 1.86. The molecule has 21 heavy (non-hydrogen) atoms. The number of nitrogens with one attached hydrogen (secondary N) is 1. The molecule has 0 bridgehead atoms. The van der Waals surface area contributed by atoms with Crippen molar-refractivity contribution in [1.29, 1.82) is 0 Å². The minimum atomic E-state index is -0.130. The van der Waals surface area contributed by atoms with E-state index in [9.17, 15) is 4.79 Å². The van der Waals surface area contributed by atoms with Crippen LogP contribution < -0.4 is 15.8 Å². The molecule has 0 unspecified atom stereocenters. The van der Waals surface area contributed by atoms with Gasteiger partial charge in [-0.05, 0) is 18.6 Å². The van der Waals surface area contributed by atoms with Crippen molar-refractivity contribution >= 4 is 11.5 Å². The Kier molecular flexibility index (Phi) is 4.92. The van der Waals surface area contributed by atoms with Crippen molar-refractivity contribution in [2.75, 3.05) is 30.9 Å². The van der Waals surface area contributed by atoms with E-state index in [4.69, 9.17) is 0 Å². The van der Waals surface area contributed by atoms with Gasteiger partial charge in [-0.3, -0.25) is 4.79 Å². The third kappa shape index (κ3) is 4.05. The first-order chi connectivity index (χ1) is 10.1. The van der Waals surface area contributed by atoms with Crippen LogP contribution in [0.2, 0.25) is 0 Å². The Morgan fingerprint density at radius 3 is 2.81 bits per heavy atom. The topological polar surface area (TPSA) is 63.1 Å². The van der Waals surface area contributed by atoms with E-state index < -0.39 is 0 Å². The Morgan fingerprint density at radius 1 is 1.33 bits per heavy atom. The summed E-state index contributed by atoms with van der Waals surface area (Å²) >= 11 is 0. The predicted octanol–water partition coefficient (Wildman–Crippen LogP) is 1.57. The lowest BCUT2D eigenvalue weighted by Crippen LogP contribution is -2.25. The van der Waals surface area contributed by atoms with Crippen molar-refractivity contribution in [2.24, 2.45) is 0 Å². The predicted molar refractivity (Wildman–Crippen MR) is 84.9 cm³/mol. The van der Waals surface area contributed by atoms with Gasteiger partial charge in [0.2, 0.25) is 0 Å². The van der Waals surface area contributed by atoms with Crippen LogP contribution in [0.1, 0.15) is 19.0 Å². The molecular weight excluding hydrogens is 266 g/mol. The van der Waals surface area contributed by atoms with Crippen LogP contribution in [0.5, 0.6) is 0 Å². The summed E-state index contributed by atoms with van der Waals surface area (Å²) in [6.45, 7) is 3.35. The monoisotopic (exact) mass is 287 g/mol. The first-order valence-electron chi connectivity index (χ1n) is 7.04. The second-order valence-corrected chi connectivity index (χ2v) is 5.05. The molecule has 0 aromatic carbocycles. The highest BCUT2D eigenvalue weighted by atomic mass is 16.1. The molecule has 0 saturated carbocycles. The highest BCUT2D eigenvalue weighted by Gasteiger charge is 2.04. The molecule has 0 spiro atoms. The van der Waals surface area contributed by atoms with E-state index in [2.05, 4.69) is 22.3 Å². The number of anilines is 2. The van der Waals surface area contributed by atoms with Crippen LogP contribution in [-0.4, -0.2) is 35.4 Å². The zero-order valence-electron chi connectivity index (χ0n) is 12.7. The van der Waals surface area contributed by atoms with Gasteiger partial charge in [-0.2, -0.15) is 5.10 Å². The number of pyridine rings is 1. The van der Waals surface area contributed by atoms with Gasteiger partial charge in [0.25, 0.3) is 5.56 Å². The fraction of sp³-hybridized carbons (Fsp3) is 0.400. The van der Waals surface area contributed by atoms with E-state index in [1.54, 1.807) is 12.3 Å². The zero-order chi connectivity index (χ0) is 15.2. The molecule has 2 rings (SSSR count). The van der Waals surface area contributed by atoms with Gasteiger partial charge < -0.3 is 10.2 Å². The van der Waals surface area contributed by atoms with Gasteiger partial charge in [-0.15, -0.1) is 0 Å². The average molecular weight is 287 g/mol. The molecule has 112 valence electrons. The standard InChI is InChI=1S/C15H21N5O/c1-4-8-16-14-7-5-6-12(18-14)11-20-15(21)9-13(10-17-20)19(2)3/h5-7,9-10H,4,8,11H2,1-3H3,(H,16,18). The van der Waals surface area contributed by atoms with Gasteiger partial charge in [-0.1, -0.05) is 13.0 Å². The van der Waals surface area contributed by atoms with Gasteiger partial charge in [-0.25, -0.2) is 9.67 Å². The summed E-state index contributed by atoms with van der Waals surface area (Å²) < 4.78 is 1.42. The van der Waals surface area contributed by atoms with Crippen LogP contribution in [0.3, 0.4) is 0 Å². The number of nitrogens with zero attached hydrogens (tertiary/aromatic N) is 4. The molecule has 6 nitrogen and oxygen atoms in total. The van der Waals surface area contributed by atoms with Crippen LogP contribution in [0.25, 0.3) is 0 Å². The summed E-state index contributed by atoms with van der Waals surface area (Å²) in [6.07, 6.45) is 2.72. The molecule has 0 aliphatic heterocycles. The van der Waals surface area contributed by atoms with E-state index in [1.165, 1.54) is 4.68 Å². The van der Waals surface area contributed by atoms with Crippen molar-refractivity contribution in [3.05, 3.63) is 46.5 Å². The third-order valence-corrected chi connectivity index (χ3v) is 3.05. The van der Waals surface area contributed by atoms with Crippen LogP contribution in [-0.2, 0) is 6.54 Å². The first-order valence-corrected chi connectivity index (χ1v) is 7.04. The SMILES string of the molecule is CCCNc1cccc(Cn2ncc(N(C)C)cc2=O)n1. The Balaban J connectivity index is 2.16. The summed E-state index contributed by atoms with van der Waals surface area (Å²) in [6, 6.07) is 7.32. The summed E-state index contributed by atoms with van der Waals surface area (Å²) in [5.74, 6) is 0.826. The Bertz CT molecular complexity index is 651. The number of hydrogen-bond acceptors (Lipinski definition) is 5. The molecule has 0 radical (unpaired) electrons. The van der Waals surface area contributed by atoms with Crippen LogP contribution in [0.4, 0.5) is 11.5 Å². The first kappa shape index (κ1) is 15.0. The van der Waals surface area contributed by atoms with E-state index in [0.717, 1.165) is 30.2 Å². The molecule has 0 amide bonds. The minimum absolute atomic E-state index is 0.130. The maximum atomic E-state index is 12.0. The largest absolute Gasteiger partial charge is 0.376 e. The highest BCUT2D eigenvalue weighted by Crippen LogP contribution is 2.07. The Hall–Kier alpha value is -2.37. The Labute approximate surface area is 124 Å². The van der Waals surface area contributed by atoms with Gasteiger partial charge in [0.1, 0.15) is 5.82 Å². The second-order valence-electron chi connectivity index (χ2n) is 5.05. The molecule has 0 aliphatic rings. The normalized spacial score (nSPS) is 10.4. The average Bonchev–Trinajstić information content (AvgIpc) is 2.47. The Morgan fingerprint density at radius 2 is 2.14 bits per heavy atom. The smallest absolute Gasteiger partial charge is 0.269 e. The maximum Gasteiger partial charge on any atom is 0.269 e. The van der Waals surface area contributed by atoms with Crippen LogP contribution in [0.15, 0.2) is 35.3 Å². The summed E-state index contributed by atoms with van der Waals surface area (Å²) in [5, 5.41) is 7.42. The lowest BCUT2D eigenvalue weighted by Gasteiger charge is -2.12. The number of aromatic nitrogens is 3.